The second kappa shape index (κ2) is 8.93. The Labute approximate surface area is 196 Å². The second-order valence-electron chi connectivity index (χ2n) is 6.50. The number of ketones is 1. The number of carbonyl (C=O) groups is 3. The number of halogens is 3. The molecule has 1 saturated heterocycles. The van der Waals surface area contributed by atoms with Gasteiger partial charge in [0.05, 0.1) is 21.5 Å². The number of imide groups is 1. The fraction of sp³-hybridized carbons (Fsp3) is 0.0455. The largest absolute Gasteiger partial charge is 0.457 e. The van der Waals surface area contributed by atoms with Crippen molar-refractivity contribution in [2.24, 2.45) is 0 Å². The van der Waals surface area contributed by atoms with Crippen molar-refractivity contribution < 1.29 is 18.8 Å². The molecule has 0 unspecified atom stereocenters. The van der Waals surface area contributed by atoms with Crippen LogP contribution in [0.3, 0.4) is 0 Å². The molecule has 0 aliphatic carbocycles. The van der Waals surface area contributed by atoms with E-state index in [0.29, 0.717) is 37.7 Å². The molecule has 2 aromatic carbocycles. The number of rotatable bonds is 5. The van der Waals surface area contributed by atoms with E-state index in [2.05, 4.69) is 0 Å². The molecule has 3 aromatic rings. The maximum Gasteiger partial charge on any atom is 0.293 e. The van der Waals surface area contributed by atoms with Crippen molar-refractivity contribution in [1.29, 1.82) is 0 Å². The standard InChI is InChI=1S/C22H12Cl3NO4S/c23-13-6-4-12(5-7-13)17(27)11-26-21(28)19(31-22(26)29)10-14-8-9-18(30-14)15-2-1-3-16(24)20(15)25/h1-10H,11H2/b19-10+. The molecule has 0 bridgehead atoms. The first-order valence-corrected chi connectivity index (χ1v) is 10.9. The number of carbonyl (C=O) groups excluding carboxylic acids is 3. The maximum absolute atomic E-state index is 12.7. The van der Waals surface area contributed by atoms with Crippen molar-refractivity contribution in [2.45, 2.75) is 0 Å². The van der Waals surface area contributed by atoms with Crippen LogP contribution in [0.5, 0.6) is 0 Å². The van der Waals surface area contributed by atoms with Gasteiger partial charge in [-0.1, -0.05) is 40.9 Å². The quantitative estimate of drug-likeness (QED) is 0.288. The third kappa shape index (κ3) is 4.57. The van der Waals surface area contributed by atoms with Crippen LogP contribution < -0.4 is 0 Å². The van der Waals surface area contributed by atoms with Crippen molar-refractivity contribution >= 4 is 69.6 Å². The Morgan fingerprint density at radius 2 is 1.74 bits per heavy atom. The summed E-state index contributed by atoms with van der Waals surface area (Å²) in [6.45, 7) is -0.356. The summed E-state index contributed by atoms with van der Waals surface area (Å²) >= 11 is 18.8. The summed E-state index contributed by atoms with van der Waals surface area (Å²) in [7, 11) is 0. The Bertz CT molecular complexity index is 1230. The van der Waals surface area contributed by atoms with E-state index in [1.54, 1.807) is 54.6 Å². The highest BCUT2D eigenvalue weighted by Crippen LogP contribution is 2.36. The molecule has 4 rings (SSSR count). The fourth-order valence-electron chi connectivity index (χ4n) is 2.91. The molecule has 2 heterocycles. The van der Waals surface area contributed by atoms with Crippen molar-refractivity contribution in [2.75, 3.05) is 6.54 Å². The summed E-state index contributed by atoms with van der Waals surface area (Å²) in [5.41, 5.74) is 0.969. The topological polar surface area (TPSA) is 67.6 Å². The second-order valence-corrected chi connectivity index (χ2v) is 8.72. The lowest BCUT2D eigenvalue weighted by Crippen LogP contribution is -2.33. The first-order chi connectivity index (χ1) is 14.8. The van der Waals surface area contributed by atoms with Crippen molar-refractivity contribution in [3.05, 3.63) is 85.9 Å². The van der Waals surface area contributed by atoms with Gasteiger partial charge in [0, 0.05) is 22.2 Å². The Morgan fingerprint density at radius 1 is 1.00 bits per heavy atom. The van der Waals surface area contributed by atoms with E-state index in [4.69, 9.17) is 39.2 Å². The van der Waals surface area contributed by atoms with Crippen molar-refractivity contribution in [3.63, 3.8) is 0 Å². The predicted molar refractivity (Wildman–Crippen MR) is 123 cm³/mol. The molecule has 1 fully saturated rings. The molecule has 1 aliphatic rings. The number of thioether (sulfide) groups is 1. The van der Waals surface area contributed by atoms with Gasteiger partial charge in [-0.2, -0.15) is 0 Å². The van der Waals surface area contributed by atoms with Gasteiger partial charge in [-0.15, -0.1) is 0 Å². The summed E-state index contributed by atoms with van der Waals surface area (Å²) in [5, 5.41) is 0.709. The van der Waals surface area contributed by atoms with E-state index < -0.39 is 11.1 Å². The van der Waals surface area contributed by atoms with Crippen LogP contribution in [-0.4, -0.2) is 28.4 Å². The summed E-state index contributed by atoms with van der Waals surface area (Å²) in [4.78, 5) is 38.5. The van der Waals surface area contributed by atoms with Gasteiger partial charge in [0.25, 0.3) is 11.1 Å². The fourth-order valence-corrected chi connectivity index (χ4v) is 4.24. The third-order valence-corrected chi connectivity index (χ3v) is 6.44. The van der Waals surface area contributed by atoms with Crippen molar-refractivity contribution in [1.82, 2.24) is 4.90 Å². The van der Waals surface area contributed by atoms with Crippen LogP contribution in [0.15, 0.2) is 63.9 Å². The predicted octanol–water partition coefficient (Wildman–Crippen LogP) is 6.83. The number of nitrogens with zero attached hydrogens (tertiary/aromatic N) is 1. The molecule has 0 spiro atoms. The zero-order valence-electron chi connectivity index (χ0n) is 15.6. The van der Waals surface area contributed by atoms with Crippen LogP contribution >= 0.6 is 46.6 Å². The summed E-state index contributed by atoms with van der Waals surface area (Å²) in [5.74, 6) is -0.0939. The number of Topliss-reactive ketones (excluding diaryl/α,β-unsaturated/α-hetero) is 1. The first-order valence-electron chi connectivity index (χ1n) is 8.92. The number of hydrogen-bond acceptors (Lipinski definition) is 5. The van der Waals surface area contributed by atoms with Crippen LogP contribution in [0.2, 0.25) is 15.1 Å². The van der Waals surface area contributed by atoms with Gasteiger partial charge in [0.1, 0.15) is 11.5 Å². The lowest BCUT2D eigenvalue weighted by Gasteiger charge is -2.11. The Kier molecular flexibility index (Phi) is 6.25. The zero-order valence-corrected chi connectivity index (χ0v) is 18.7. The average molecular weight is 493 g/mol. The van der Waals surface area contributed by atoms with E-state index in [9.17, 15) is 14.4 Å². The minimum atomic E-state index is -0.559. The Morgan fingerprint density at radius 3 is 2.48 bits per heavy atom. The highest BCUT2D eigenvalue weighted by atomic mass is 35.5. The molecule has 2 amide bonds. The molecule has 0 N–H and O–H groups in total. The number of benzene rings is 2. The molecule has 0 radical (unpaired) electrons. The third-order valence-electron chi connectivity index (χ3n) is 4.46. The van der Waals surface area contributed by atoms with Crippen molar-refractivity contribution in [3.8, 4) is 11.3 Å². The minimum absolute atomic E-state index is 0.159. The van der Waals surface area contributed by atoms with Crippen LogP contribution in [0.1, 0.15) is 16.1 Å². The molecular formula is C22H12Cl3NO4S. The van der Waals surface area contributed by atoms with Gasteiger partial charge in [-0.05, 0) is 60.3 Å². The van der Waals surface area contributed by atoms with E-state index in [0.717, 1.165) is 16.7 Å². The van der Waals surface area contributed by atoms with Gasteiger partial charge in [0.2, 0.25) is 0 Å². The minimum Gasteiger partial charge on any atom is -0.457 e. The molecule has 31 heavy (non-hydrogen) atoms. The average Bonchev–Trinajstić information content (AvgIpc) is 3.31. The smallest absolute Gasteiger partial charge is 0.293 e. The van der Waals surface area contributed by atoms with Gasteiger partial charge < -0.3 is 4.42 Å². The molecule has 5 nitrogen and oxygen atoms in total. The van der Waals surface area contributed by atoms with Crippen LogP contribution in [0, 0.1) is 0 Å². The monoisotopic (exact) mass is 491 g/mol. The van der Waals surface area contributed by atoms with Crippen LogP contribution in [-0.2, 0) is 4.79 Å². The summed E-state index contributed by atoms with van der Waals surface area (Å²) < 4.78 is 5.75. The maximum atomic E-state index is 12.7. The van der Waals surface area contributed by atoms with Gasteiger partial charge in [-0.3, -0.25) is 19.3 Å². The zero-order chi connectivity index (χ0) is 22.1. The lowest BCUT2D eigenvalue weighted by atomic mass is 10.1. The molecule has 1 aromatic heterocycles. The molecule has 1 aliphatic heterocycles. The van der Waals surface area contributed by atoms with E-state index in [1.807, 2.05) is 0 Å². The molecule has 156 valence electrons. The Hall–Kier alpha value is -2.51. The number of furan rings is 1. The molecular weight excluding hydrogens is 481 g/mol. The highest BCUT2D eigenvalue weighted by molar-refractivity contribution is 8.18. The SMILES string of the molecule is O=C(CN1C(=O)S/C(=C/c2ccc(-c3cccc(Cl)c3Cl)o2)C1=O)c1ccc(Cl)cc1. The number of amides is 2. The van der Waals surface area contributed by atoms with Gasteiger partial charge >= 0.3 is 0 Å². The van der Waals surface area contributed by atoms with Gasteiger partial charge in [-0.25, -0.2) is 0 Å². The van der Waals surface area contributed by atoms with E-state index in [1.165, 1.54) is 6.08 Å². The molecule has 0 saturated carbocycles. The van der Waals surface area contributed by atoms with Crippen LogP contribution in [0.25, 0.3) is 17.4 Å². The van der Waals surface area contributed by atoms with E-state index in [-0.39, 0.29) is 17.2 Å². The molecule has 9 heteroatoms. The molecule has 0 atom stereocenters. The Balaban J connectivity index is 1.52. The summed E-state index contributed by atoms with van der Waals surface area (Å²) in [6, 6.07) is 14.7. The van der Waals surface area contributed by atoms with E-state index >= 15 is 0 Å². The normalized spacial score (nSPS) is 15.2. The highest BCUT2D eigenvalue weighted by Gasteiger charge is 2.36. The van der Waals surface area contributed by atoms with Crippen LogP contribution in [0.4, 0.5) is 4.79 Å². The van der Waals surface area contributed by atoms with Gasteiger partial charge in [0.15, 0.2) is 5.78 Å². The first kappa shape index (κ1) is 21.7. The summed E-state index contributed by atoms with van der Waals surface area (Å²) in [6.07, 6.45) is 1.46. The lowest BCUT2D eigenvalue weighted by molar-refractivity contribution is -0.122. The number of hydrogen-bond donors (Lipinski definition) is 0.